The number of aromatic nitrogens is 2. The second kappa shape index (κ2) is 5.61. The van der Waals surface area contributed by atoms with E-state index in [1.165, 1.54) is 29.7 Å². The molecule has 1 aliphatic rings. The van der Waals surface area contributed by atoms with Crippen molar-refractivity contribution >= 4 is 34.4 Å². The molecule has 2 heterocycles. The number of para-hydroxylation sites is 1. The number of imidazole rings is 1. The molecule has 0 amide bonds. The van der Waals surface area contributed by atoms with Gasteiger partial charge in [0.05, 0.1) is 11.0 Å². The first-order valence-electron chi connectivity index (χ1n) is 7.28. The van der Waals surface area contributed by atoms with Gasteiger partial charge in [-0.1, -0.05) is 12.1 Å². The first-order chi connectivity index (χ1) is 9.63. The van der Waals surface area contributed by atoms with E-state index in [4.69, 9.17) is 16.6 Å². The van der Waals surface area contributed by atoms with E-state index >= 15 is 0 Å². The molecule has 108 valence electrons. The van der Waals surface area contributed by atoms with Gasteiger partial charge in [0.2, 0.25) is 0 Å². The van der Waals surface area contributed by atoms with Crippen LogP contribution >= 0.6 is 23.4 Å². The third-order valence-corrected chi connectivity index (χ3v) is 5.87. The Morgan fingerprint density at radius 2 is 2.30 bits per heavy atom. The van der Waals surface area contributed by atoms with Crippen molar-refractivity contribution in [2.45, 2.75) is 44.4 Å². The summed E-state index contributed by atoms with van der Waals surface area (Å²) in [6.07, 6.45) is 3.47. The minimum Gasteiger partial charge on any atom is -0.326 e. The van der Waals surface area contributed by atoms with Crippen LogP contribution in [0.25, 0.3) is 11.0 Å². The van der Waals surface area contributed by atoms with Crippen LogP contribution in [-0.2, 0) is 13.0 Å². The van der Waals surface area contributed by atoms with E-state index in [-0.39, 0.29) is 0 Å². The zero-order valence-corrected chi connectivity index (χ0v) is 13.7. The minimum atomic E-state index is 0.344. The van der Waals surface area contributed by atoms with Crippen LogP contribution in [0.1, 0.15) is 31.2 Å². The molecule has 1 saturated heterocycles. The highest BCUT2D eigenvalue weighted by Crippen LogP contribution is 2.40. The molecule has 0 N–H and O–H groups in total. The zero-order valence-electron chi connectivity index (χ0n) is 12.2. The molecule has 0 radical (unpaired) electrons. The van der Waals surface area contributed by atoms with E-state index in [9.17, 15) is 0 Å². The normalized spacial score (nSPS) is 22.8. The summed E-state index contributed by atoms with van der Waals surface area (Å²) < 4.78 is 2.77. The smallest absolute Gasteiger partial charge is 0.111 e. The Morgan fingerprint density at radius 1 is 1.45 bits per heavy atom. The van der Waals surface area contributed by atoms with Crippen LogP contribution in [0.5, 0.6) is 0 Å². The lowest BCUT2D eigenvalue weighted by molar-refractivity contribution is 0.507. The second-order valence-electron chi connectivity index (χ2n) is 5.90. The molecule has 1 aromatic carbocycles. The van der Waals surface area contributed by atoms with Crippen molar-refractivity contribution in [3.63, 3.8) is 0 Å². The molecule has 4 heteroatoms. The molecule has 0 spiro atoms. The van der Waals surface area contributed by atoms with Crippen LogP contribution in [0.2, 0.25) is 0 Å². The molecule has 2 nitrogen and oxygen atoms in total. The first kappa shape index (κ1) is 14.3. The van der Waals surface area contributed by atoms with Crippen molar-refractivity contribution in [3.8, 4) is 0 Å². The molecule has 0 bridgehead atoms. The SMILES string of the molecule is Cc1cccc2nc(CCCl)n(CC3(C)CCCS3)c12. The molecule has 1 aliphatic heterocycles. The van der Waals surface area contributed by atoms with Gasteiger partial charge in [0.25, 0.3) is 0 Å². The number of fused-ring (bicyclic) bond motifs is 1. The summed E-state index contributed by atoms with van der Waals surface area (Å²) in [5.74, 6) is 3.05. The maximum absolute atomic E-state index is 5.97. The Bertz CT molecular complexity index is 614. The average Bonchev–Trinajstić information content (AvgIpc) is 2.97. The molecule has 0 aliphatic carbocycles. The lowest BCUT2D eigenvalue weighted by Gasteiger charge is -2.25. The number of aryl methyl sites for hydroxylation is 2. The van der Waals surface area contributed by atoms with E-state index < -0.39 is 0 Å². The summed E-state index contributed by atoms with van der Waals surface area (Å²) in [5.41, 5.74) is 3.71. The fourth-order valence-electron chi connectivity index (χ4n) is 3.16. The summed E-state index contributed by atoms with van der Waals surface area (Å²) in [5, 5.41) is 0. The van der Waals surface area contributed by atoms with Crippen LogP contribution in [-0.4, -0.2) is 25.9 Å². The molecule has 1 fully saturated rings. The molecule has 1 aromatic heterocycles. The van der Waals surface area contributed by atoms with Gasteiger partial charge in [-0.2, -0.15) is 11.8 Å². The van der Waals surface area contributed by atoms with E-state index in [2.05, 4.69) is 48.4 Å². The van der Waals surface area contributed by atoms with E-state index in [0.717, 1.165) is 24.3 Å². The highest BCUT2D eigenvalue weighted by molar-refractivity contribution is 8.00. The fourth-order valence-corrected chi connectivity index (χ4v) is 4.61. The first-order valence-corrected chi connectivity index (χ1v) is 8.80. The quantitative estimate of drug-likeness (QED) is 0.779. The van der Waals surface area contributed by atoms with Crippen LogP contribution in [0, 0.1) is 6.92 Å². The number of benzene rings is 1. The predicted octanol–water partition coefficient (Wildman–Crippen LogP) is 4.41. The van der Waals surface area contributed by atoms with Crippen LogP contribution in [0.15, 0.2) is 18.2 Å². The highest BCUT2D eigenvalue weighted by Gasteiger charge is 2.31. The average molecular weight is 309 g/mol. The van der Waals surface area contributed by atoms with Gasteiger partial charge in [0, 0.05) is 23.6 Å². The highest BCUT2D eigenvalue weighted by atomic mass is 35.5. The summed E-state index contributed by atoms with van der Waals surface area (Å²) >= 11 is 8.07. The van der Waals surface area contributed by atoms with Crippen molar-refractivity contribution in [1.82, 2.24) is 9.55 Å². The van der Waals surface area contributed by atoms with Gasteiger partial charge in [0.1, 0.15) is 5.82 Å². The van der Waals surface area contributed by atoms with Crippen LogP contribution < -0.4 is 0 Å². The third-order valence-electron chi connectivity index (χ3n) is 4.16. The summed E-state index contributed by atoms with van der Waals surface area (Å²) in [6.45, 7) is 5.61. The zero-order chi connectivity index (χ0) is 14.2. The molecule has 1 unspecified atom stereocenters. The standard InChI is InChI=1S/C16H21ClN2S/c1-12-5-3-6-13-15(12)19(14(18-13)7-9-17)11-16(2)8-4-10-20-16/h3,5-6H,4,7-11H2,1-2H3. The molecule has 2 aromatic rings. The Labute approximate surface area is 129 Å². The van der Waals surface area contributed by atoms with Gasteiger partial charge in [-0.3, -0.25) is 0 Å². The van der Waals surface area contributed by atoms with Gasteiger partial charge in [-0.05, 0) is 44.1 Å². The number of rotatable bonds is 4. The predicted molar refractivity (Wildman–Crippen MR) is 89.0 cm³/mol. The number of nitrogens with zero attached hydrogens (tertiary/aromatic N) is 2. The van der Waals surface area contributed by atoms with Crippen LogP contribution in [0.3, 0.4) is 0 Å². The van der Waals surface area contributed by atoms with E-state index in [1.807, 2.05) is 0 Å². The van der Waals surface area contributed by atoms with Crippen molar-refractivity contribution in [2.24, 2.45) is 0 Å². The van der Waals surface area contributed by atoms with Crippen molar-refractivity contribution in [3.05, 3.63) is 29.6 Å². The number of halogens is 1. The van der Waals surface area contributed by atoms with E-state index in [0.29, 0.717) is 10.6 Å². The largest absolute Gasteiger partial charge is 0.326 e. The molecular formula is C16H21ClN2S. The maximum atomic E-state index is 5.97. The monoisotopic (exact) mass is 308 g/mol. The van der Waals surface area contributed by atoms with E-state index in [1.54, 1.807) is 0 Å². The number of alkyl halides is 1. The Morgan fingerprint density at radius 3 is 3.00 bits per heavy atom. The van der Waals surface area contributed by atoms with Gasteiger partial charge in [-0.15, -0.1) is 11.6 Å². The molecule has 3 rings (SSSR count). The van der Waals surface area contributed by atoms with Gasteiger partial charge >= 0.3 is 0 Å². The van der Waals surface area contributed by atoms with Crippen molar-refractivity contribution in [1.29, 1.82) is 0 Å². The lowest BCUT2D eigenvalue weighted by atomic mass is 10.1. The second-order valence-corrected chi connectivity index (χ2v) is 7.96. The fraction of sp³-hybridized carbons (Fsp3) is 0.562. The summed E-state index contributed by atoms with van der Waals surface area (Å²) in [4.78, 5) is 4.81. The van der Waals surface area contributed by atoms with Crippen molar-refractivity contribution < 1.29 is 0 Å². The molecule has 20 heavy (non-hydrogen) atoms. The Balaban J connectivity index is 2.08. The van der Waals surface area contributed by atoms with Crippen LogP contribution in [0.4, 0.5) is 0 Å². The van der Waals surface area contributed by atoms with Crippen molar-refractivity contribution in [2.75, 3.05) is 11.6 Å². The number of hydrogen-bond acceptors (Lipinski definition) is 2. The Hall–Kier alpha value is -0.670. The maximum Gasteiger partial charge on any atom is 0.111 e. The number of hydrogen-bond donors (Lipinski definition) is 0. The van der Waals surface area contributed by atoms with Gasteiger partial charge in [0.15, 0.2) is 0 Å². The molecule has 0 saturated carbocycles. The minimum absolute atomic E-state index is 0.344. The third kappa shape index (κ3) is 2.58. The lowest BCUT2D eigenvalue weighted by Crippen LogP contribution is -2.25. The number of thioether (sulfide) groups is 1. The van der Waals surface area contributed by atoms with Gasteiger partial charge in [-0.25, -0.2) is 4.98 Å². The van der Waals surface area contributed by atoms with Gasteiger partial charge < -0.3 is 4.57 Å². The molecule has 1 atom stereocenters. The summed E-state index contributed by atoms with van der Waals surface area (Å²) in [7, 11) is 0. The Kier molecular flexibility index (Phi) is 4.00. The molecular weight excluding hydrogens is 288 g/mol. The summed E-state index contributed by atoms with van der Waals surface area (Å²) in [6, 6.07) is 6.38. The topological polar surface area (TPSA) is 17.8 Å².